The smallest absolute Gasteiger partial charge is 0.406 e. The minimum absolute atomic E-state index is 0.0486. The Kier molecular flexibility index (Phi) is 3.92. The zero-order valence-corrected chi connectivity index (χ0v) is 13.6. The van der Waals surface area contributed by atoms with Gasteiger partial charge in [0.2, 0.25) is 5.91 Å². The van der Waals surface area contributed by atoms with Gasteiger partial charge in [0.05, 0.1) is 12.6 Å². The molecule has 3 fully saturated rings. The van der Waals surface area contributed by atoms with E-state index in [0.717, 1.165) is 31.5 Å². The number of hydrogen-bond donors (Lipinski definition) is 0. The largest absolute Gasteiger partial charge is 0.573 e. The van der Waals surface area contributed by atoms with Crippen LogP contribution in [-0.2, 0) is 16.1 Å². The van der Waals surface area contributed by atoms with Crippen LogP contribution in [0.4, 0.5) is 13.2 Å². The van der Waals surface area contributed by atoms with E-state index in [1.54, 1.807) is 12.1 Å². The number of hydrogen-bond acceptors (Lipinski definition) is 4. The minimum Gasteiger partial charge on any atom is -0.406 e. The lowest BCUT2D eigenvalue weighted by atomic mass is 10.0. The van der Waals surface area contributed by atoms with Crippen molar-refractivity contribution in [1.82, 2.24) is 9.80 Å². The van der Waals surface area contributed by atoms with Crippen molar-refractivity contribution in [2.75, 3.05) is 19.7 Å². The maximum absolute atomic E-state index is 12.4. The lowest BCUT2D eigenvalue weighted by molar-refractivity contribution is -0.274. The summed E-state index contributed by atoms with van der Waals surface area (Å²) in [5, 5.41) is 0. The zero-order valence-electron chi connectivity index (χ0n) is 13.6. The number of ether oxygens (including phenoxy) is 2. The summed E-state index contributed by atoms with van der Waals surface area (Å²) in [6.45, 7) is 2.58. The molecule has 1 spiro atoms. The molecule has 0 saturated carbocycles. The van der Waals surface area contributed by atoms with E-state index in [4.69, 9.17) is 4.74 Å². The van der Waals surface area contributed by atoms with Gasteiger partial charge in [-0.15, -0.1) is 13.2 Å². The van der Waals surface area contributed by atoms with Crippen LogP contribution in [0.5, 0.6) is 5.75 Å². The van der Waals surface area contributed by atoms with Gasteiger partial charge in [-0.1, -0.05) is 12.1 Å². The van der Waals surface area contributed by atoms with Gasteiger partial charge >= 0.3 is 6.36 Å². The van der Waals surface area contributed by atoms with Gasteiger partial charge in [0.15, 0.2) is 5.72 Å². The first-order valence-corrected chi connectivity index (χ1v) is 8.41. The van der Waals surface area contributed by atoms with Crippen LogP contribution in [0, 0.1) is 0 Å². The second-order valence-corrected chi connectivity index (χ2v) is 6.73. The molecule has 1 amide bonds. The van der Waals surface area contributed by atoms with Gasteiger partial charge in [0.1, 0.15) is 5.75 Å². The van der Waals surface area contributed by atoms with Gasteiger partial charge in [-0.05, 0) is 24.1 Å². The number of carbonyl (C=O) groups excluding carboxylic acids is 1. The number of nitrogens with zero attached hydrogens (tertiary/aromatic N) is 2. The normalized spacial score (nSPS) is 29.6. The first-order chi connectivity index (χ1) is 11.9. The maximum atomic E-state index is 12.4. The standard InChI is InChI=1S/C17H19F3N2O3/c18-17(19,20)25-13-4-1-3-12(9-13)11-21-7-5-16-14(21)10-15(23)22(16)6-2-8-24-16/h1,3-4,9,14H,2,5-8,10-11H2/t14-,16+/m1/s1. The van der Waals surface area contributed by atoms with E-state index in [2.05, 4.69) is 9.64 Å². The van der Waals surface area contributed by atoms with Crippen molar-refractivity contribution in [1.29, 1.82) is 0 Å². The average molecular weight is 356 g/mol. The van der Waals surface area contributed by atoms with Crippen molar-refractivity contribution in [2.24, 2.45) is 0 Å². The number of amides is 1. The molecule has 136 valence electrons. The SMILES string of the molecule is O=C1C[C@H]2N(Cc3cccc(OC(F)(F)F)c3)CC[C@]23OCCCN13. The first-order valence-electron chi connectivity index (χ1n) is 8.41. The van der Waals surface area contributed by atoms with Crippen LogP contribution in [-0.4, -0.2) is 53.5 Å². The summed E-state index contributed by atoms with van der Waals surface area (Å²) in [7, 11) is 0. The zero-order chi connectivity index (χ0) is 17.7. The van der Waals surface area contributed by atoms with Crippen LogP contribution in [0.2, 0.25) is 0 Å². The molecule has 3 heterocycles. The van der Waals surface area contributed by atoms with E-state index in [0.29, 0.717) is 19.6 Å². The highest BCUT2D eigenvalue weighted by atomic mass is 19.4. The van der Waals surface area contributed by atoms with Crippen LogP contribution in [0.3, 0.4) is 0 Å². The molecule has 8 heteroatoms. The number of carbonyl (C=O) groups is 1. The third-order valence-corrected chi connectivity index (χ3v) is 5.24. The first kappa shape index (κ1) is 16.7. The summed E-state index contributed by atoms with van der Waals surface area (Å²) in [4.78, 5) is 16.3. The van der Waals surface area contributed by atoms with Crippen molar-refractivity contribution >= 4 is 5.91 Å². The highest BCUT2D eigenvalue weighted by Gasteiger charge is 2.60. The molecule has 0 aliphatic carbocycles. The molecule has 3 saturated heterocycles. The van der Waals surface area contributed by atoms with Crippen LogP contribution < -0.4 is 4.74 Å². The molecular formula is C17H19F3N2O3. The Balaban J connectivity index is 1.51. The van der Waals surface area contributed by atoms with Crippen LogP contribution in [0.25, 0.3) is 0 Å². The van der Waals surface area contributed by atoms with Gasteiger partial charge in [-0.25, -0.2) is 0 Å². The topological polar surface area (TPSA) is 42.0 Å². The Hall–Kier alpha value is -1.80. The third kappa shape index (κ3) is 2.97. The van der Waals surface area contributed by atoms with E-state index < -0.39 is 12.1 Å². The van der Waals surface area contributed by atoms with Crippen molar-refractivity contribution in [3.8, 4) is 5.75 Å². The summed E-state index contributed by atoms with van der Waals surface area (Å²) < 4.78 is 47.2. The van der Waals surface area contributed by atoms with Gasteiger partial charge < -0.3 is 14.4 Å². The summed E-state index contributed by atoms with van der Waals surface area (Å²) in [6, 6.07) is 5.95. The summed E-state index contributed by atoms with van der Waals surface area (Å²) in [5.41, 5.74) is 0.176. The summed E-state index contributed by atoms with van der Waals surface area (Å²) in [6.07, 6.45) is -2.72. The van der Waals surface area contributed by atoms with Crippen molar-refractivity contribution in [3.05, 3.63) is 29.8 Å². The Morgan fingerprint density at radius 3 is 2.96 bits per heavy atom. The quantitative estimate of drug-likeness (QED) is 0.835. The molecule has 0 unspecified atom stereocenters. The fourth-order valence-corrected chi connectivity index (χ4v) is 4.30. The van der Waals surface area contributed by atoms with E-state index in [1.165, 1.54) is 12.1 Å². The van der Waals surface area contributed by atoms with Gasteiger partial charge in [-0.3, -0.25) is 9.69 Å². The van der Waals surface area contributed by atoms with Crippen LogP contribution in [0.1, 0.15) is 24.8 Å². The van der Waals surface area contributed by atoms with E-state index in [-0.39, 0.29) is 17.7 Å². The minimum atomic E-state index is -4.70. The molecule has 2 atom stereocenters. The average Bonchev–Trinajstić information content (AvgIpc) is 3.00. The second-order valence-electron chi connectivity index (χ2n) is 6.73. The molecule has 0 aromatic heterocycles. The number of halogens is 3. The number of benzene rings is 1. The van der Waals surface area contributed by atoms with Gasteiger partial charge in [-0.2, -0.15) is 0 Å². The fourth-order valence-electron chi connectivity index (χ4n) is 4.30. The van der Waals surface area contributed by atoms with Gasteiger partial charge in [0, 0.05) is 32.5 Å². The Morgan fingerprint density at radius 1 is 1.32 bits per heavy atom. The Labute approximate surface area is 143 Å². The van der Waals surface area contributed by atoms with Crippen LogP contribution in [0.15, 0.2) is 24.3 Å². The molecule has 4 rings (SSSR count). The highest BCUT2D eigenvalue weighted by Crippen LogP contribution is 2.45. The molecule has 1 aromatic carbocycles. The van der Waals surface area contributed by atoms with E-state index in [9.17, 15) is 18.0 Å². The molecule has 25 heavy (non-hydrogen) atoms. The molecule has 0 N–H and O–H groups in total. The molecule has 0 radical (unpaired) electrons. The second kappa shape index (κ2) is 5.88. The molecule has 5 nitrogen and oxygen atoms in total. The summed E-state index contributed by atoms with van der Waals surface area (Å²) in [5.74, 6) is -0.125. The lowest BCUT2D eigenvalue weighted by Crippen LogP contribution is -2.56. The monoisotopic (exact) mass is 356 g/mol. The third-order valence-electron chi connectivity index (χ3n) is 5.24. The predicted molar refractivity (Wildman–Crippen MR) is 81.6 cm³/mol. The summed E-state index contributed by atoms with van der Waals surface area (Å²) >= 11 is 0. The van der Waals surface area contributed by atoms with Crippen LogP contribution >= 0.6 is 0 Å². The molecule has 0 bridgehead atoms. The molecule has 1 aromatic rings. The van der Waals surface area contributed by atoms with Crippen molar-refractivity contribution in [3.63, 3.8) is 0 Å². The van der Waals surface area contributed by atoms with Crippen molar-refractivity contribution < 1.29 is 27.4 Å². The van der Waals surface area contributed by atoms with Gasteiger partial charge in [0.25, 0.3) is 0 Å². The Morgan fingerprint density at radius 2 is 2.16 bits per heavy atom. The number of likely N-dealkylation sites (tertiary alicyclic amines) is 1. The Bertz CT molecular complexity index is 681. The number of alkyl halides is 3. The van der Waals surface area contributed by atoms with E-state index in [1.807, 2.05) is 4.90 Å². The predicted octanol–water partition coefficient (Wildman–Crippen LogP) is 2.51. The molecule has 3 aliphatic rings. The van der Waals surface area contributed by atoms with E-state index >= 15 is 0 Å². The molecular weight excluding hydrogens is 337 g/mol. The molecule has 3 aliphatic heterocycles. The number of rotatable bonds is 3. The highest BCUT2D eigenvalue weighted by molar-refractivity contribution is 5.81. The van der Waals surface area contributed by atoms with Crippen molar-refractivity contribution in [2.45, 2.75) is 43.9 Å². The lowest BCUT2D eigenvalue weighted by Gasteiger charge is -2.42. The maximum Gasteiger partial charge on any atom is 0.573 e. The fraction of sp³-hybridized carbons (Fsp3) is 0.588.